The molecule has 1 aromatic heterocycles. The van der Waals surface area contributed by atoms with Crippen LogP contribution in [-0.4, -0.2) is 16.1 Å². The average Bonchev–Trinajstić information content (AvgIpc) is 2.87. The van der Waals surface area contributed by atoms with E-state index in [2.05, 4.69) is 46.2 Å². The van der Waals surface area contributed by atoms with E-state index in [0.29, 0.717) is 0 Å². The van der Waals surface area contributed by atoms with Gasteiger partial charge in [-0.15, -0.1) is 0 Å². The van der Waals surface area contributed by atoms with Crippen LogP contribution in [0.15, 0.2) is 30.6 Å². The van der Waals surface area contributed by atoms with Crippen molar-refractivity contribution in [1.29, 1.82) is 0 Å². The quantitative estimate of drug-likeness (QED) is 0.894. The molecule has 0 spiro atoms. The van der Waals surface area contributed by atoms with E-state index >= 15 is 0 Å². The molecule has 0 saturated heterocycles. The molecule has 0 atom stereocenters. The van der Waals surface area contributed by atoms with Crippen LogP contribution in [0.25, 0.3) is 5.69 Å². The fourth-order valence-electron chi connectivity index (χ4n) is 2.59. The lowest BCUT2D eigenvalue weighted by atomic mass is 10.0. The number of aromatic nitrogens is 2. The summed E-state index contributed by atoms with van der Waals surface area (Å²) in [6.07, 6.45) is 8.51. The lowest BCUT2D eigenvalue weighted by Gasteiger charge is -2.19. The van der Waals surface area contributed by atoms with Crippen molar-refractivity contribution in [1.82, 2.24) is 9.55 Å². The molecule has 0 aliphatic carbocycles. The Morgan fingerprint density at radius 3 is 3.22 bits per heavy atom. The number of benzene rings is 1. The van der Waals surface area contributed by atoms with Crippen LogP contribution in [0.1, 0.15) is 31.2 Å². The minimum Gasteiger partial charge on any atom is -0.385 e. The predicted molar refractivity (Wildman–Crippen MR) is 74.4 cm³/mol. The predicted octanol–water partition coefficient (Wildman–Crippen LogP) is 3.18. The Balaban J connectivity index is 1.98. The first-order valence-corrected chi connectivity index (χ1v) is 6.78. The maximum atomic E-state index is 4.44. The van der Waals surface area contributed by atoms with Gasteiger partial charge in [-0.1, -0.05) is 6.92 Å². The van der Waals surface area contributed by atoms with E-state index in [4.69, 9.17) is 0 Å². The van der Waals surface area contributed by atoms with Gasteiger partial charge in [0.15, 0.2) is 0 Å². The molecule has 3 nitrogen and oxygen atoms in total. The van der Waals surface area contributed by atoms with E-state index in [9.17, 15) is 0 Å². The summed E-state index contributed by atoms with van der Waals surface area (Å²) in [7, 11) is 0. The highest BCUT2D eigenvalue weighted by atomic mass is 15.1. The molecular weight excluding hydrogens is 222 g/mol. The molecule has 1 aromatic carbocycles. The Labute approximate surface area is 108 Å². The van der Waals surface area contributed by atoms with Gasteiger partial charge in [0.2, 0.25) is 0 Å². The minimum absolute atomic E-state index is 1.03. The Morgan fingerprint density at radius 2 is 2.33 bits per heavy atom. The second-order valence-electron chi connectivity index (χ2n) is 4.84. The van der Waals surface area contributed by atoms with Crippen LogP contribution in [-0.2, 0) is 12.8 Å². The van der Waals surface area contributed by atoms with Gasteiger partial charge < -0.3 is 9.88 Å². The highest BCUT2D eigenvalue weighted by molar-refractivity contribution is 5.57. The first-order valence-electron chi connectivity index (χ1n) is 6.78. The fraction of sp³-hybridized carbons (Fsp3) is 0.400. The monoisotopic (exact) mass is 241 g/mol. The molecule has 2 heterocycles. The summed E-state index contributed by atoms with van der Waals surface area (Å²) in [6, 6.07) is 6.67. The lowest BCUT2D eigenvalue weighted by molar-refractivity contribution is 0.802. The summed E-state index contributed by atoms with van der Waals surface area (Å²) < 4.78 is 2.21. The standard InChI is InChI=1S/C15H19N3/c1-2-4-15-17-9-10-18(15)13-6-7-14-12(11-13)5-3-8-16-14/h6-7,9-11,16H,2-5,8H2,1H3. The summed E-state index contributed by atoms with van der Waals surface area (Å²) >= 11 is 0. The third kappa shape index (κ3) is 2.01. The number of fused-ring (bicyclic) bond motifs is 1. The molecule has 1 aliphatic rings. The van der Waals surface area contributed by atoms with Gasteiger partial charge in [-0.3, -0.25) is 0 Å². The van der Waals surface area contributed by atoms with Gasteiger partial charge in [-0.25, -0.2) is 4.98 Å². The smallest absolute Gasteiger partial charge is 0.113 e. The molecule has 0 radical (unpaired) electrons. The summed E-state index contributed by atoms with van der Waals surface area (Å²) in [5, 5.41) is 3.45. The summed E-state index contributed by atoms with van der Waals surface area (Å²) in [5.74, 6) is 1.15. The topological polar surface area (TPSA) is 29.9 Å². The maximum absolute atomic E-state index is 4.44. The number of nitrogens with one attached hydrogen (secondary N) is 1. The van der Waals surface area contributed by atoms with Crippen molar-refractivity contribution < 1.29 is 0 Å². The average molecular weight is 241 g/mol. The molecule has 94 valence electrons. The van der Waals surface area contributed by atoms with Crippen LogP contribution in [0.4, 0.5) is 5.69 Å². The number of rotatable bonds is 3. The van der Waals surface area contributed by atoms with Gasteiger partial charge in [-0.05, 0) is 43.0 Å². The van der Waals surface area contributed by atoms with Crippen molar-refractivity contribution in [2.24, 2.45) is 0 Å². The van der Waals surface area contributed by atoms with Crippen molar-refractivity contribution in [3.8, 4) is 5.69 Å². The van der Waals surface area contributed by atoms with Gasteiger partial charge in [-0.2, -0.15) is 0 Å². The van der Waals surface area contributed by atoms with Crippen molar-refractivity contribution in [3.05, 3.63) is 42.0 Å². The van der Waals surface area contributed by atoms with Crippen LogP contribution in [0.5, 0.6) is 0 Å². The molecule has 3 rings (SSSR count). The third-order valence-electron chi connectivity index (χ3n) is 3.50. The van der Waals surface area contributed by atoms with E-state index in [1.54, 1.807) is 0 Å². The number of imidazole rings is 1. The Bertz CT molecular complexity index is 542. The van der Waals surface area contributed by atoms with Crippen LogP contribution < -0.4 is 5.32 Å². The summed E-state index contributed by atoms with van der Waals surface area (Å²) in [4.78, 5) is 4.44. The number of nitrogens with zero attached hydrogens (tertiary/aromatic N) is 2. The number of anilines is 1. The fourth-order valence-corrected chi connectivity index (χ4v) is 2.59. The lowest BCUT2D eigenvalue weighted by Crippen LogP contribution is -2.12. The maximum Gasteiger partial charge on any atom is 0.113 e. The second-order valence-corrected chi connectivity index (χ2v) is 4.84. The van der Waals surface area contributed by atoms with Crippen molar-refractivity contribution in [2.45, 2.75) is 32.6 Å². The highest BCUT2D eigenvalue weighted by Crippen LogP contribution is 2.25. The molecule has 0 amide bonds. The zero-order chi connectivity index (χ0) is 12.4. The Hall–Kier alpha value is -1.77. The van der Waals surface area contributed by atoms with E-state index in [0.717, 1.165) is 25.2 Å². The van der Waals surface area contributed by atoms with Gasteiger partial charge in [0.05, 0.1) is 0 Å². The van der Waals surface area contributed by atoms with Crippen molar-refractivity contribution >= 4 is 5.69 Å². The first-order chi connectivity index (χ1) is 8.88. The molecule has 2 aromatic rings. The molecule has 3 heteroatoms. The van der Waals surface area contributed by atoms with Crippen LogP contribution in [0, 0.1) is 0 Å². The third-order valence-corrected chi connectivity index (χ3v) is 3.50. The molecule has 1 aliphatic heterocycles. The van der Waals surface area contributed by atoms with Crippen LogP contribution in [0.3, 0.4) is 0 Å². The SMILES string of the molecule is CCCc1nccn1-c1ccc2c(c1)CCCN2. The zero-order valence-electron chi connectivity index (χ0n) is 10.8. The van der Waals surface area contributed by atoms with E-state index < -0.39 is 0 Å². The molecule has 0 bridgehead atoms. The van der Waals surface area contributed by atoms with E-state index in [-0.39, 0.29) is 0 Å². The number of hydrogen-bond donors (Lipinski definition) is 1. The van der Waals surface area contributed by atoms with E-state index in [1.807, 2.05) is 6.20 Å². The Morgan fingerprint density at radius 1 is 1.39 bits per heavy atom. The molecule has 0 unspecified atom stereocenters. The van der Waals surface area contributed by atoms with Crippen molar-refractivity contribution in [3.63, 3.8) is 0 Å². The van der Waals surface area contributed by atoms with Crippen LogP contribution >= 0.6 is 0 Å². The number of aryl methyl sites for hydroxylation is 2. The molecular formula is C15H19N3. The van der Waals surface area contributed by atoms with Gasteiger partial charge >= 0.3 is 0 Å². The van der Waals surface area contributed by atoms with Gasteiger partial charge in [0, 0.05) is 36.7 Å². The van der Waals surface area contributed by atoms with Crippen LogP contribution in [0.2, 0.25) is 0 Å². The zero-order valence-corrected chi connectivity index (χ0v) is 10.8. The minimum atomic E-state index is 1.03. The largest absolute Gasteiger partial charge is 0.385 e. The Kier molecular flexibility index (Phi) is 3.05. The highest BCUT2D eigenvalue weighted by Gasteiger charge is 2.10. The van der Waals surface area contributed by atoms with Gasteiger partial charge in [0.1, 0.15) is 5.82 Å². The number of hydrogen-bond acceptors (Lipinski definition) is 2. The normalized spacial score (nSPS) is 14.1. The molecule has 0 fully saturated rings. The summed E-state index contributed by atoms with van der Waals surface area (Å²) in [6.45, 7) is 3.29. The van der Waals surface area contributed by atoms with E-state index in [1.165, 1.54) is 29.8 Å². The molecule has 1 N–H and O–H groups in total. The first kappa shape index (κ1) is 11.3. The van der Waals surface area contributed by atoms with Crippen molar-refractivity contribution in [2.75, 3.05) is 11.9 Å². The molecule has 18 heavy (non-hydrogen) atoms. The summed E-state index contributed by atoms with van der Waals surface area (Å²) in [5.41, 5.74) is 3.95. The molecule has 0 saturated carbocycles. The second kappa shape index (κ2) is 4.84. The van der Waals surface area contributed by atoms with Gasteiger partial charge in [0.25, 0.3) is 0 Å².